The quantitative estimate of drug-likeness (QED) is 0.669. The van der Waals surface area contributed by atoms with E-state index in [1.54, 1.807) is 13.2 Å². The number of rotatable bonds is 5. The van der Waals surface area contributed by atoms with E-state index in [0.717, 1.165) is 17.2 Å². The van der Waals surface area contributed by atoms with Crippen LogP contribution in [0, 0.1) is 5.92 Å². The van der Waals surface area contributed by atoms with Gasteiger partial charge in [0.25, 0.3) is 0 Å². The Labute approximate surface area is 135 Å². The zero-order valence-corrected chi connectivity index (χ0v) is 13.6. The van der Waals surface area contributed by atoms with Gasteiger partial charge >= 0.3 is 0 Å². The molecule has 3 saturated heterocycles. The highest BCUT2D eigenvalue weighted by Gasteiger charge is 2.34. The van der Waals surface area contributed by atoms with E-state index in [0.29, 0.717) is 12.0 Å². The normalized spacial score (nSPS) is 27.0. The molecule has 4 nitrogen and oxygen atoms in total. The first-order valence-electron chi connectivity index (χ1n) is 7.75. The van der Waals surface area contributed by atoms with E-state index >= 15 is 0 Å². The van der Waals surface area contributed by atoms with Crippen molar-refractivity contribution in [2.24, 2.45) is 5.92 Å². The summed E-state index contributed by atoms with van der Waals surface area (Å²) in [6.45, 7) is 3.40. The van der Waals surface area contributed by atoms with E-state index < -0.39 is 0 Å². The summed E-state index contributed by atoms with van der Waals surface area (Å²) >= 11 is 1.54. The predicted molar refractivity (Wildman–Crippen MR) is 89.1 cm³/mol. The number of ether oxygens (including phenoxy) is 1. The van der Waals surface area contributed by atoms with Crippen LogP contribution in [0.5, 0.6) is 5.75 Å². The van der Waals surface area contributed by atoms with Crippen LogP contribution < -0.4 is 10.1 Å². The molecule has 3 fully saturated rings. The minimum absolute atomic E-state index is 0.0137. The van der Waals surface area contributed by atoms with Crippen LogP contribution in [-0.4, -0.2) is 43.6 Å². The molecule has 3 aliphatic rings. The van der Waals surface area contributed by atoms with Gasteiger partial charge in [-0.2, -0.15) is 0 Å². The first kappa shape index (κ1) is 15.4. The average molecular weight is 318 g/mol. The molecule has 0 aromatic heterocycles. The molecule has 3 heterocycles. The molecule has 118 valence electrons. The molecule has 1 amide bonds. The highest BCUT2D eigenvalue weighted by molar-refractivity contribution is 8.02. The van der Waals surface area contributed by atoms with Gasteiger partial charge in [0.1, 0.15) is 5.75 Å². The van der Waals surface area contributed by atoms with E-state index in [-0.39, 0.29) is 5.91 Å². The lowest BCUT2D eigenvalue weighted by molar-refractivity contribution is -0.118. The Kier molecular flexibility index (Phi) is 5.05. The summed E-state index contributed by atoms with van der Waals surface area (Å²) in [4.78, 5) is 15.6. The van der Waals surface area contributed by atoms with Gasteiger partial charge in [-0.3, -0.25) is 4.79 Å². The van der Waals surface area contributed by atoms with Gasteiger partial charge in [-0.05, 0) is 61.5 Å². The van der Waals surface area contributed by atoms with Gasteiger partial charge < -0.3 is 15.0 Å². The number of nitrogens with one attached hydrogen (secondary N) is 1. The highest BCUT2D eigenvalue weighted by atomic mass is 32.2. The molecule has 5 heteroatoms. The van der Waals surface area contributed by atoms with Crippen LogP contribution in [0.15, 0.2) is 40.6 Å². The average Bonchev–Trinajstić information content (AvgIpc) is 2.56. The molecule has 1 aromatic rings. The van der Waals surface area contributed by atoms with Crippen molar-refractivity contribution in [1.82, 2.24) is 10.2 Å². The van der Waals surface area contributed by atoms with Gasteiger partial charge in [-0.25, -0.2) is 0 Å². The van der Waals surface area contributed by atoms with Gasteiger partial charge in [0.15, 0.2) is 0 Å². The maximum absolute atomic E-state index is 12.0. The van der Waals surface area contributed by atoms with Crippen LogP contribution in [0.3, 0.4) is 0 Å². The summed E-state index contributed by atoms with van der Waals surface area (Å²) in [7, 11) is 1.65. The predicted octanol–water partition coefficient (Wildman–Crippen LogP) is 2.51. The maximum Gasteiger partial charge on any atom is 0.244 e. The molecule has 1 N–H and O–H groups in total. The molecular formula is C17H22N2O2S. The first-order chi connectivity index (χ1) is 10.7. The minimum Gasteiger partial charge on any atom is -0.497 e. The molecule has 2 bridgehead atoms. The fourth-order valence-electron chi connectivity index (χ4n) is 3.19. The second-order valence-electron chi connectivity index (χ2n) is 5.85. The number of nitrogens with zero attached hydrogens (tertiary/aromatic N) is 1. The Balaban J connectivity index is 1.46. The zero-order chi connectivity index (χ0) is 15.4. The highest BCUT2D eigenvalue weighted by Crippen LogP contribution is 2.27. The summed E-state index contributed by atoms with van der Waals surface area (Å²) in [5.41, 5.74) is 0. The first-order valence-corrected chi connectivity index (χ1v) is 8.62. The van der Waals surface area contributed by atoms with E-state index in [4.69, 9.17) is 4.74 Å². The number of amides is 1. The molecule has 3 aliphatic heterocycles. The zero-order valence-electron chi connectivity index (χ0n) is 12.8. The SMILES string of the molecule is COc1ccc(S/C=C\C(=O)N[C@H]2CN3CCC2CC3)cc1. The Hall–Kier alpha value is -1.46. The number of methoxy groups -OCH3 is 1. The Morgan fingerprint density at radius 2 is 2.05 bits per heavy atom. The number of benzene rings is 1. The minimum atomic E-state index is 0.0137. The van der Waals surface area contributed by atoms with E-state index in [1.165, 1.54) is 37.7 Å². The lowest BCUT2D eigenvalue weighted by Gasteiger charge is -2.44. The smallest absolute Gasteiger partial charge is 0.244 e. The van der Waals surface area contributed by atoms with Gasteiger partial charge in [0.05, 0.1) is 7.11 Å². The topological polar surface area (TPSA) is 41.6 Å². The lowest BCUT2D eigenvalue weighted by Crippen LogP contribution is -2.57. The molecule has 0 spiro atoms. The van der Waals surface area contributed by atoms with Crippen molar-refractivity contribution >= 4 is 17.7 Å². The summed E-state index contributed by atoms with van der Waals surface area (Å²) < 4.78 is 5.13. The summed E-state index contributed by atoms with van der Waals surface area (Å²) in [6, 6.07) is 8.14. The van der Waals surface area contributed by atoms with E-state index in [9.17, 15) is 4.79 Å². The standard InChI is InChI=1S/C17H22N2O2S/c1-21-14-2-4-15(5-3-14)22-11-8-17(20)18-16-12-19-9-6-13(16)7-10-19/h2-5,8,11,13,16H,6-7,9-10,12H2,1H3,(H,18,20)/b11-8-/t16-/m0/s1. The number of carbonyl (C=O) groups is 1. The van der Waals surface area contributed by atoms with Gasteiger partial charge in [-0.15, -0.1) is 0 Å². The van der Waals surface area contributed by atoms with E-state index in [2.05, 4.69) is 10.2 Å². The van der Waals surface area contributed by atoms with Crippen molar-refractivity contribution in [3.8, 4) is 5.75 Å². The Morgan fingerprint density at radius 1 is 1.32 bits per heavy atom. The third-order valence-electron chi connectivity index (χ3n) is 4.47. The number of piperidine rings is 3. The second-order valence-corrected chi connectivity index (χ2v) is 6.83. The molecule has 22 heavy (non-hydrogen) atoms. The fourth-order valence-corrected chi connectivity index (χ4v) is 3.83. The van der Waals surface area contributed by atoms with Crippen molar-refractivity contribution in [2.75, 3.05) is 26.7 Å². The van der Waals surface area contributed by atoms with Crippen molar-refractivity contribution in [3.05, 3.63) is 35.7 Å². The molecule has 0 aliphatic carbocycles. The van der Waals surface area contributed by atoms with Gasteiger partial charge in [0.2, 0.25) is 5.91 Å². The summed E-state index contributed by atoms with van der Waals surface area (Å²) in [5, 5.41) is 5.00. The van der Waals surface area contributed by atoms with Crippen molar-refractivity contribution in [2.45, 2.75) is 23.8 Å². The van der Waals surface area contributed by atoms with E-state index in [1.807, 2.05) is 29.7 Å². The van der Waals surface area contributed by atoms with Gasteiger partial charge in [-0.1, -0.05) is 11.8 Å². The molecule has 0 unspecified atom stereocenters. The molecule has 1 atom stereocenters. The Morgan fingerprint density at radius 3 is 2.64 bits per heavy atom. The maximum atomic E-state index is 12.0. The molecular weight excluding hydrogens is 296 g/mol. The van der Waals surface area contributed by atoms with Crippen LogP contribution in [-0.2, 0) is 4.79 Å². The number of thioether (sulfide) groups is 1. The van der Waals surface area contributed by atoms with Crippen molar-refractivity contribution in [3.63, 3.8) is 0 Å². The van der Waals surface area contributed by atoms with Crippen LogP contribution in [0.4, 0.5) is 0 Å². The van der Waals surface area contributed by atoms with Crippen LogP contribution in [0.2, 0.25) is 0 Å². The molecule has 1 aromatic carbocycles. The molecule has 0 saturated carbocycles. The largest absolute Gasteiger partial charge is 0.497 e. The van der Waals surface area contributed by atoms with Gasteiger partial charge in [0, 0.05) is 23.6 Å². The third kappa shape index (κ3) is 3.84. The van der Waals surface area contributed by atoms with Crippen molar-refractivity contribution < 1.29 is 9.53 Å². The lowest BCUT2D eigenvalue weighted by atomic mass is 9.84. The monoisotopic (exact) mass is 318 g/mol. The van der Waals surface area contributed by atoms with Crippen molar-refractivity contribution in [1.29, 1.82) is 0 Å². The summed E-state index contributed by atoms with van der Waals surface area (Å²) in [5.74, 6) is 1.52. The number of hydrogen-bond donors (Lipinski definition) is 1. The summed E-state index contributed by atoms with van der Waals surface area (Å²) in [6.07, 6.45) is 4.07. The van der Waals surface area contributed by atoms with Crippen LogP contribution >= 0.6 is 11.8 Å². The number of fused-ring (bicyclic) bond motifs is 3. The third-order valence-corrected chi connectivity index (χ3v) is 5.28. The second kappa shape index (κ2) is 7.20. The van der Waals surface area contributed by atoms with Crippen LogP contribution in [0.25, 0.3) is 0 Å². The fraction of sp³-hybridized carbons (Fsp3) is 0.471. The Bertz CT molecular complexity index is 536. The molecule has 0 radical (unpaired) electrons. The number of hydrogen-bond acceptors (Lipinski definition) is 4. The van der Waals surface area contributed by atoms with Crippen LogP contribution in [0.1, 0.15) is 12.8 Å². The molecule has 4 rings (SSSR count). The number of carbonyl (C=O) groups excluding carboxylic acids is 1.